The molecule has 1 amide bonds. The zero-order valence-electron chi connectivity index (χ0n) is 7.15. The molecule has 0 heterocycles. The highest BCUT2D eigenvalue weighted by atomic mass is 32.1. The number of thiol groups is 1. The second kappa shape index (κ2) is 4.83. The number of hydrogen-bond donors (Lipinski definition) is 4. The average molecular weight is 227 g/mol. The predicted octanol–water partition coefficient (Wildman–Crippen LogP) is 0.718. The van der Waals surface area contributed by atoms with Crippen molar-refractivity contribution in [1.29, 1.82) is 0 Å². The zero-order valence-corrected chi connectivity index (χ0v) is 8.86. The number of benzene rings is 1. The molecule has 1 aromatic carbocycles. The standard InChI is InChI=1S/C8H9N3OS2/c9-6-3-1-5(2-4-6)7(12)10-11-8(13)14/h1-4H,9H2,(H,10,12)(H2,11,13,14). The molecule has 14 heavy (non-hydrogen) atoms. The molecule has 0 aliphatic heterocycles. The number of nitrogens with two attached hydrogens (primary N) is 1. The fourth-order valence-electron chi connectivity index (χ4n) is 0.817. The average Bonchev–Trinajstić information content (AvgIpc) is 2.15. The molecule has 0 aromatic heterocycles. The van der Waals surface area contributed by atoms with Crippen molar-refractivity contribution in [2.24, 2.45) is 0 Å². The third-order valence-corrected chi connectivity index (χ3v) is 1.67. The molecule has 0 aliphatic rings. The minimum Gasteiger partial charge on any atom is -0.399 e. The molecule has 0 atom stereocenters. The van der Waals surface area contributed by atoms with Crippen LogP contribution in [0.5, 0.6) is 0 Å². The van der Waals surface area contributed by atoms with Gasteiger partial charge in [-0.25, -0.2) is 0 Å². The van der Waals surface area contributed by atoms with Crippen LogP contribution in [0.4, 0.5) is 5.69 Å². The molecule has 4 nitrogen and oxygen atoms in total. The molecule has 6 heteroatoms. The Morgan fingerprint density at radius 3 is 2.36 bits per heavy atom. The lowest BCUT2D eigenvalue weighted by Gasteiger charge is -2.05. The SMILES string of the molecule is Nc1ccc(C(=O)NNC(=S)S)cc1. The number of hydrogen-bond acceptors (Lipinski definition) is 3. The number of carbonyl (C=O) groups is 1. The lowest BCUT2D eigenvalue weighted by atomic mass is 10.2. The van der Waals surface area contributed by atoms with Crippen LogP contribution in [0.25, 0.3) is 0 Å². The first-order valence-corrected chi connectivity index (χ1v) is 4.60. The first-order chi connectivity index (χ1) is 6.59. The zero-order chi connectivity index (χ0) is 10.6. The molecule has 0 saturated carbocycles. The number of thiocarbonyl (C=S) groups is 1. The predicted molar refractivity (Wildman–Crippen MR) is 63.0 cm³/mol. The fourth-order valence-corrected chi connectivity index (χ4v) is 0.924. The molecule has 0 bridgehead atoms. The molecule has 74 valence electrons. The van der Waals surface area contributed by atoms with Crippen molar-refractivity contribution in [2.45, 2.75) is 0 Å². The Morgan fingerprint density at radius 2 is 1.86 bits per heavy atom. The van der Waals surface area contributed by atoms with Gasteiger partial charge in [0.2, 0.25) is 0 Å². The Labute approximate surface area is 92.2 Å². The maximum absolute atomic E-state index is 11.4. The normalized spacial score (nSPS) is 9.21. The van der Waals surface area contributed by atoms with Crippen molar-refractivity contribution >= 4 is 40.8 Å². The summed E-state index contributed by atoms with van der Waals surface area (Å²) in [6, 6.07) is 6.53. The van der Waals surface area contributed by atoms with Crippen molar-refractivity contribution in [3.63, 3.8) is 0 Å². The topological polar surface area (TPSA) is 67.2 Å². The minimum absolute atomic E-state index is 0.203. The van der Waals surface area contributed by atoms with Crippen LogP contribution < -0.4 is 16.6 Å². The van der Waals surface area contributed by atoms with Gasteiger partial charge in [0.1, 0.15) is 4.32 Å². The van der Waals surface area contributed by atoms with E-state index in [1.165, 1.54) is 0 Å². The van der Waals surface area contributed by atoms with E-state index in [4.69, 9.17) is 5.73 Å². The van der Waals surface area contributed by atoms with Gasteiger partial charge in [-0.2, -0.15) is 0 Å². The van der Waals surface area contributed by atoms with Gasteiger partial charge in [0.25, 0.3) is 5.91 Å². The summed E-state index contributed by atoms with van der Waals surface area (Å²) in [5, 5.41) is 0. The van der Waals surface area contributed by atoms with Crippen molar-refractivity contribution < 1.29 is 4.79 Å². The van der Waals surface area contributed by atoms with Gasteiger partial charge < -0.3 is 5.73 Å². The second-order valence-corrected chi connectivity index (χ2v) is 3.66. The number of hydrazine groups is 1. The molecule has 0 fully saturated rings. The third kappa shape index (κ3) is 3.23. The second-order valence-electron chi connectivity index (χ2n) is 2.51. The summed E-state index contributed by atoms with van der Waals surface area (Å²) in [5.41, 5.74) is 11.4. The van der Waals surface area contributed by atoms with E-state index in [0.717, 1.165) is 0 Å². The molecular formula is C8H9N3OS2. The van der Waals surface area contributed by atoms with Gasteiger partial charge in [0.05, 0.1) is 0 Å². The van der Waals surface area contributed by atoms with Crippen LogP contribution in [0.2, 0.25) is 0 Å². The van der Waals surface area contributed by atoms with Crippen LogP contribution in [0.15, 0.2) is 24.3 Å². The van der Waals surface area contributed by atoms with Gasteiger partial charge in [-0.15, -0.1) is 12.6 Å². The summed E-state index contributed by atoms with van der Waals surface area (Å²) in [7, 11) is 0. The van der Waals surface area contributed by atoms with Gasteiger partial charge in [-0.3, -0.25) is 15.6 Å². The van der Waals surface area contributed by atoms with Gasteiger partial charge in [-0.05, 0) is 24.3 Å². The largest absolute Gasteiger partial charge is 0.399 e. The molecule has 1 rings (SSSR count). The fraction of sp³-hybridized carbons (Fsp3) is 0. The summed E-state index contributed by atoms with van der Waals surface area (Å²) < 4.78 is 0.203. The Morgan fingerprint density at radius 1 is 1.29 bits per heavy atom. The number of rotatable bonds is 1. The van der Waals surface area contributed by atoms with Crippen molar-refractivity contribution in [3.05, 3.63) is 29.8 Å². The first-order valence-electron chi connectivity index (χ1n) is 3.74. The molecule has 0 spiro atoms. The van der Waals surface area contributed by atoms with E-state index in [0.29, 0.717) is 11.3 Å². The molecule has 0 aliphatic carbocycles. The maximum atomic E-state index is 11.4. The molecule has 0 radical (unpaired) electrons. The summed E-state index contributed by atoms with van der Waals surface area (Å²) in [6.45, 7) is 0. The van der Waals surface area contributed by atoms with Crippen LogP contribution in [-0.4, -0.2) is 10.2 Å². The van der Waals surface area contributed by atoms with Gasteiger partial charge >= 0.3 is 0 Å². The Hall–Kier alpha value is -1.27. The van der Waals surface area contributed by atoms with Crippen molar-refractivity contribution in [2.75, 3.05) is 5.73 Å². The van der Waals surface area contributed by atoms with Crippen LogP contribution >= 0.6 is 24.8 Å². The summed E-state index contributed by atoms with van der Waals surface area (Å²) in [5.74, 6) is -0.290. The van der Waals surface area contributed by atoms with Gasteiger partial charge in [0, 0.05) is 11.3 Å². The van der Waals surface area contributed by atoms with E-state index in [1.54, 1.807) is 24.3 Å². The Balaban J connectivity index is 2.61. The van der Waals surface area contributed by atoms with Crippen molar-refractivity contribution in [1.82, 2.24) is 10.9 Å². The monoisotopic (exact) mass is 227 g/mol. The van der Waals surface area contributed by atoms with E-state index in [-0.39, 0.29) is 10.2 Å². The molecular weight excluding hydrogens is 218 g/mol. The number of nitrogens with one attached hydrogen (secondary N) is 2. The summed E-state index contributed by atoms with van der Waals surface area (Å²) >= 11 is 8.39. The lowest BCUT2D eigenvalue weighted by molar-refractivity contribution is 0.0944. The molecule has 4 N–H and O–H groups in total. The Kier molecular flexibility index (Phi) is 3.73. The Bertz CT molecular complexity index is 350. The smallest absolute Gasteiger partial charge is 0.269 e. The van der Waals surface area contributed by atoms with Gasteiger partial charge in [0.15, 0.2) is 0 Å². The number of carbonyl (C=O) groups excluding carboxylic acids is 1. The van der Waals surface area contributed by atoms with E-state index in [2.05, 4.69) is 35.7 Å². The van der Waals surface area contributed by atoms with Crippen molar-refractivity contribution in [3.8, 4) is 0 Å². The highest BCUT2D eigenvalue weighted by molar-refractivity contribution is 8.11. The molecule has 1 aromatic rings. The highest BCUT2D eigenvalue weighted by Gasteiger charge is 2.03. The highest BCUT2D eigenvalue weighted by Crippen LogP contribution is 2.04. The van der Waals surface area contributed by atoms with E-state index < -0.39 is 0 Å². The first kappa shape index (κ1) is 10.8. The van der Waals surface area contributed by atoms with E-state index in [1.807, 2.05) is 0 Å². The third-order valence-electron chi connectivity index (χ3n) is 1.46. The summed E-state index contributed by atoms with van der Waals surface area (Å²) in [6.07, 6.45) is 0. The van der Waals surface area contributed by atoms with E-state index in [9.17, 15) is 4.79 Å². The van der Waals surface area contributed by atoms with Crippen LogP contribution in [-0.2, 0) is 0 Å². The van der Waals surface area contributed by atoms with Gasteiger partial charge in [-0.1, -0.05) is 12.2 Å². The van der Waals surface area contributed by atoms with Crippen LogP contribution in [0, 0.1) is 0 Å². The molecule has 0 saturated heterocycles. The lowest BCUT2D eigenvalue weighted by Crippen LogP contribution is -2.38. The van der Waals surface area contributed by atoms with Crippen LogP contribution in [0.1, 0.15) is 10.4 Å². The molecule has 0 unspecified atom stereocenters. The number of amides is 1. The minimum atomic E-state index is -0.290. The number of nitrogen functional groups attached to an aromatic ring is 1. The quantitative estimate of drug-likeness (QED) is 0.247. The summed E-state index contributed by atoms with van der Waals surface area (Å²) in [4.78, 5) is 11.4. The van der Waals surface area contributed by atoms with Crippen LogP contribution in [0.3, 0.4) is 0 Å². The van der Waals surface area contributed by atoms with E-state index >= 15 is 0 Å². The maximum Gasteiger partial charge on any atom is 0.269 e. The number of anilines is 1.